The molecule has 2 rings (SSSR count). The van der Waals surface area contributed by atoms with Crippen LogP contribution in [0.2, 0.25) is 0 Å². The number of hydrogen-bond acceptors (Lipinski definition) is 2. The standard InChI is InChI=1S/C15H16F2N2/c16-15(17)12-19(10-13-5-2-1-3-6-13)11-14-7-4-8-18-9-14/h1-9,15H,10-12H2. The molecule has 0 radical (unpaired) electrons. The second-order valence-corrected chi connectivity index (χ2v) is 4.41. The lowest BCUT2D eigenvalue weighted by Gasteiger charge is -2.21. The molecule has 0 unspecified atom stereocenters. The summed E-state index contributed by atoms with van der Waals surface area (Å²) < 4.78 is 25.3. The van der Waals surface area contributed by atoms with Crippen LogP contribution < -0.4 is 0 Å². The number of aromatic nitrogens is 1. The summed E-state index contributed by atoms with van der Waals surface area (Å²) in [5.74, 6) is 0. The van der Waals surface area contributed by atoms with Crippen LogP contribution in [0.3, 0.4) is 0 Å². The first-order valence-corrected chi connectivity index (χ1v) is 6.17. The molecule has 19 heavy (non-hydrogen) atoms. The van der Waals surface area contributed by atoms with Gasteiger partial charge < -0.3 is 0 Å². The van der Waals surface area contributed by atoms with Crippen molar-refractivity contribution in [2.45, 2.75) is 19.5 Å². The van der Waals surface area contributed by atoms with E-state index >= 15 is 0 Å². The summed E-state index contributed by atoms with van der Waals surface area (Å²) in [6, 6.07) is 13.4. The number of rotatable bonds is 6. The smallest absolute Gasteiger partial charge is 0.251 e. The minimum absolute atomic E-state index is 0.232. The molecule has 1 aromatic heterocycles. The molecule has 0 fully saturated rings. The van der Waals surface area contributed by atoms with Gasteiger partial charge in [-0.2, -0.15) is 0 Å². The van der Waals surface area contributed by atoms with E-state index in [9.17, 15) is 8.78 Å². The van der Waals surface area contributed by atoms with Crippen LogP contribution >= 0.6 is 0 Å². The predicted octanol–water partition coefficient (Wildman–Crippen LogP) is 3.35. The number of nitrogens with zero attached hydrogens (tertiary/aromatic N) is 2. The summed E-state index contributed by atoms with van der Waals surface area (Å²) in [5, 5.41) is 0. The monoisotopic (exact) mass is 262 g/mol. The van der Waals surface area contributed by atoms with Crippen LogP contribution in [-0.2, 0) is 13.1 Å². The lowest BCUT2D eigenvalue weighted by Crippen LogP contribution is -2.28. The van der Waals surface area contributed by atoms with Gasteiger partial charge in [0.05, 0.1) is 6.54 Å². The topological polar surface area (TPSA) is 16.1 Å². The lowest BCUT2D eigenvalue weighted by molar-refractivity contribution is 0.0809. The zero-order valence-corrected chi connectivity index (χ0v) is 10.5. The van der Waals surface area contributed by atoms with E-state index in [0.29, 0.717) is 13.1 Å². The molecule has 0 N–H and O–H groups in total. The van der Waals surface area contributed by atoms with Crippen molar-refractivity contribution in [3.05, 3.63) is 66.0 Å². The minimum atomic E-state index is -2.33. The average Bonchev–Trinajstić information content (AvgIpc) is 2.40. The highest BCUT2D eigenvalue weighted by Gasteiger charge is 2.13. The van der Waals surface area contributed by atoms with Crippen LogP contribution in [0, 0.1) is 0 Å². The first kappa shape index (κ1) is 13.6. The number of halogens is 2. The molecule has 0 aliphatic rings. The molecule has 0 aliphatic heterocycles. The molecule has 0 aliphatic carbocycles. The van der Waals surface area contributed by atoms with Crippen LogP contribution in [0.1, 0.15) is 11.1 Å². The van der Waals surface area contributed by atoms with Gasteiger partial charge in [0.15, 0.2) is 0 Å². The molecule has 0 bridgehead atoms. The van der Waals surface area contributed by atoms with E-state index < -0.39 is 6.43 Å². The van der Waals surface area contributed by atoms with E-state index in [1.807, 2.05) is 42.5 Å². The third-order valence-electron chi connectivity index (χ3n) is 2.77. The van der Waals surface area contributed by atoms with Crippen LogP contribution in [0.15, 0.2) is 54.9 Å². The fourth-order valence-electron chi connectivity index (χ4n) is 1.97. The maximum Gasteiger partial charge on any atom is 0.251 e. The zero-order chi connectivity index (χ0) is 13.5. The molecule has 0 saturated heterocycles. The first-order chi connectivity index (χ1) is 9.24. The molecular formula is C15H16F2N2. The van der Waals surface area contributed by atoms with Crippen molar-refractivity contribution in [2.24, 2.45) is 0 Å². The third kappa shape index (κ3) is 4.75. The van der Waals surface area contributed by atoms with Crippen LogP contribution in [0.4, 0.5) is 8.78 Å². The molecule has 4 heteroatoms. The van der Waals surface area contributed by atoms with Crippen molar-refractivity contribution in [2.75, 3.05) is 6.54 Å². The Morgan fingerprint density at radius 1 is 0.947 bits per heavy atom. The fourth-order valence-corrected chi connectivity index (χ4v) is 1.97. The molecule has 100 valence electrons. The molecule has 0 atom stereocenters. The predicted molar refractivity (Wildman–Crippen MR) is 70.8 cm³/mol. The Morgan fingerprint density at radius 2 is 1.63 bits per heavy atom. The Balaban J connectivity index is 2.03. The van der Waals surface area contributed by atoms with Crippen molar-refractivity contribution < 1.29 is 8.78 Å². The van der Waals surface area contributed by atoms with Gasteiger partial charge in [-0.25, -0.2) is 8.78 Å². The van der Waals surface area contributed by atoms with Gasteiger partial charge in [-0.1, -0.05) is 36.4 Å². The molecule has 1 aromatic carbocycles. The summed E-state index contributed by atoms with van der Waals surface area (Å²) in [4.78, 5) is 5.74. The van der Waals surface area contributed by atoms with Gasteiger partial charge in [-0.15, -0.1) is 0 Å². The zero-order valence-electron chi connectivity index (χ0n) is 10.5. The number of hydrogen-bond donors (Lipinski definition) is 0. The Kier molecular flexibility index (Phi) is 4.98. The molecule has 0 spiro atoms. The summed E-state index contributed by atoms with van der Waals surface area (Å²) in [6.07, 6.45) is 1.06. The summed E-state index contributed by atoms with van der Waals surface area (Å²) in [5.41, 5.74) is 1.98. The van der Waals surface area contributed by atoms with Crippen LogP contribution in [-0.4, -0.2) is 22.9 Å². The molecule has 2 aromatic rings. The summed E-state index contributed by atoms with van der Waals surface area (Å²) >= 11 is 0. The van der Waals surface area contributed by atoms with Gasteiger partial charge in [-0.3, -0.25) is 9.88 Å². The highest BCUT2D eigenvalue weighted by Crippen LogP contribution is 2.11. The normalized spacial score (nSPS) is 11.2. The number of alkyl halides is 2. The van der Waals surface area contributed by atoms with E-state index in [4.69, 9.17) is 0 Å². The van der Waals surface area contributed by atoms with Crippen molar-refractivity contribution >= 4 is 0 Å². The first-order valence-electron chi connectivity index (χ1n) is 6.17. The minimum Gasteiger partial charge on any atom is -0.289 e. The van der Waals surface area contributed by atoms with Crippen molar-refractivity contribution in [3.63, 3.8) is 0 Å². The van der Waals surface area contributed by atoms with Crippen molar-refractivity contribution in [1.82, 2.24) is 9.88 Å². The third-order valence-corrected chi connectivity index (χ3v) is 2.77. The van der Waals surface area contributed by atoms with Crippen LogP contribution in [0.25, 0.3) is 0 Å². The van der Waals surface area contributed by atoms with Crippen molar-refractivity contribution in [1.29, 1.82) is 0 Å². The maximum absolute atomic E-state index is 12.6. The SMILES string of the molecule is FC(F)CN(Cc1ccccc1)Cc1cccnc1. The van der Waals surface area contributed by atoms with E-state index in [0.717, 1.165) is 11.1 Å². The molecule has 2 nitrogen and oxygen atoms in total. The van der Waals surface area contributed by atoms with Gasteiger partial charge in [-0.05, 0) is 17.2 Å². The summed E-state index contributed by atoms with van der Waals surface area (Å²) in [7, 11) is 0. The Morgan fingerprint density at radius 3 is 2.26 bits per heavy atom. The van der Waals surface area contributed by atoms with Gasteiger partial charge in [0.25, 0.3) is 6.43 Å². The molecule has 1 heterocycles. The van der Waals surface area contributed by atoms with Gasteiger partial charge in [0, 0.05) is 25.5 Å². The van der Waals surface area contributed by atoms with Crippen LogP contribution in [0.5, 0.6) is 0 Å². The largest absolute Gasteiger partial charge is 0.289 e. The van der Waals surface area contributed by atoms with E-state index in [1.165, 1.54) is 0 Å². The number of benzene rings is 1. The molecular weight excluding hydrogens is 246 g/mol. The summed E-state index contributed by atoms with van der Waals surface area (Å²) in [6.45, 7) is 0.761. The highest BCUT2D eigenvalue weighted by atomic mass is 19.3. The Hall–Kier alpha value is -1.81. The molecule has 0 amide bonds. The van der Waals surface area contributed by atoms with Gasteiger partial charge in [0.2, 0.25) is 0 Å². The van der Waals surface area contributed by atoms with E-state index in [-0.39, 0.29) is 6.54 Å². The van der Waals surface area contributed by atoms with E-state index in [1.54, 1.807) is 17.3 Å². The van der Waals surface area contributed by atoms with Gasteiger partial charge >= 0.3 is 0 Å². The quantitative estimate of drug-likeness (QED) is 0.793. The second-order valence-electron chi connectivity index (χ2n) is 4.41. The second kappa shape index (κ2) is 6.95. The fraction of sp³-hybridized carbons (Fsp3) is 0.267. The van der Waals surface area contributed by atoms with Crippen molar-refractivity contribution in [3.8, 4) is 0 Å². The Bertz CT molecular complexity index is 433. The molecule has 0 saturated carbocycles. The maximum atomic E-state index is 12.6. The lowest BCUT2D eigenvalue weighted by atomic mass is 10.2. The number of pyridine rings is 1. The van der Waals surface area contributed by atoms with Gasteiger partial charge in [0.1, 0.15) is 0 Å². The average molecular weight is 262 g/mol. The highest BCUT2D eigenvalue weighted by molar-refractivity contribution is 5.15. The Labute approximate surface area is 111 Å². The van der Waals surface area contributed by atoms with E-state index in [2.05, 4.69) is 4.98 Å².